The Labute approximate surface area is 119 Å². The molecular formula is C16H19N3O. The summed E-state index contributed by atoms with van der Waals surface area (Å²) in [5, 5.41) is 9.40. The van der Waals surface area contributed by atoms with Crippen molar-refractivity contribution in [3.05, 3.63) is 34.7 Å². The number of furan rings is 1. The Balaban J connectivity index is 2.77. The molecule has 0 aliphatic carbocycles. The number of aromatic nitrogens is 1. The van der Waals surface area contributed by atoms with Crippen LogP contribution in [-0.2, 0) is 12.8 Å². The first-order valence-corrected chi connectivity index (χ1v) is 6.90. The molecule has 0 radical (unpaired) electrons. The number of hydrogen-bond acceptors (Lipinski definition) is 4. The summed E-state index contributed by atoms with van der Waals surface area (Å²) in [5.74, 6) is 1.80. The molecule has 0 saturated heterocycles. The van der Waals surface area contributed by atoms with Gasteiger partial charge in [-0.05, 0) is 37.5 Å². The smallest absolute Gasteiger partial charge is 0.142 e. The largest absolute Gasteiger partial charge is 0.461 e. The number of nitrogens with zero attached hydrogens (tertiary/aromatic N) is 2. The molecular weight excluding hydrogens is 250 g/mol. The lowest BCUT2D eigenvalue weighted by Crippen LogP contribution is -2.07. The van der Waals surface area contributed by atoms with Crippen LogP contribution in [0.5, 0.6) is 0 Å². The van der Waals surface area contributed by atoms with Gasteiger partial charge in [0.25, 0.3) is 0 Å². The monoisotopic (exact) mass is 269 g/mol. The summed E-state index contributed by atoms with van der Waals surface area (Å²) in [5.41, 5.74) is 9.20. The molecule has 0 bridgehead atoms. The Morgan fingerprint density at radius 1 is 1.35 bits per heavy atom. The molecule has 104 valence electrons. The van der Waals surface area contributed by atoms with Crippen molar-refractivity contribution in [3.8, 4) is 17.4 Å². The van der Waals surface area contributed by atoms with E-state index in [1.54, 1.807) is 0 Å². The fourth-order valence-corrected chi connectivity index (χ4v) is 2.47. The standard InChI is InChI=1S/C16H19N3O/c1-4-6-13-11(5-2)15(12(9-17)16(18)19-13)14-8-7-10(3)20-14/h7-8H,4-6H2,1-3H3,(H2,18,19). The van der Waals surface area contributed by atoms with E-state index < -0.39 is 0 Å². The summed E-state index contributed by atoms with van der Waals surface area (Å²) in [6.45, 7) is 6.05. The van der Waals surface area contributed by atoms with E-state index in [4.69, 9.17) is 10.2 Å². The average Bonchev–Trinajstić information content (AvgIpc) is 2.85. The van der Waals surface area contributed by atoms with Crippen LogP contribution in [0.15, 0.2) is 16.5 Å². The second kappa shape index (κ2) is 5.79. The maximum Gasteiger partial charge on any atom is 0.142 e. The average molecular weight is 269 g/mol. The van der Waals surface area contributed by atoms with Gasteiger partial charge in [0, 0.05) is 11.3 Å². The molecule has 0 fully saturated rings. The van der Waals surface area contributed by atoms with Crippen LogP contribution in [0.1, 0.15) is 42.8 Å². The fraction of sp³-hybridized carbons (Fsp3) is 0.375. The number of anilines is 1. The molecule has 20 heavy (non-hydrogen) atoms. The number of pyridine rings is 1. The molecule has 0 spiro atoms. The minimum Gasteiger partial charge on any atom is -0.461 e. The zero-order valence-electron chi connectivity index (χ0n) is 12.2. The van der Waals surface area contributed by atoms with Gasteiger partial charge in [-0.1, -0.05) is 20.3 Å². The number of nitrogens with two attached hydrogens (primary N) is 1. The molecule has 4 nitrogen and oxygen atoms in total. The van der Waals surface area contributed by atoms with Gasteiger partial charge in [-0.25, -0.2) is 4.98 Å². The van der Waals surface area contributed by atoms with Crippen molar-refractivity contribution in [3.63, 3.8) is 0 Å². The van der Waals surface area contributed by atoms with E-state index in [1.807, 2.05) is 19.1 Å². The van der Waals surface area contributed by atoms with Gasteiger partial charge < -0.3 is 10.2 Å². The summed E-state index contributed by atoms with van der Waals surface area (Å²) in [4.78, 5) is 4.41. The van der Waals surface area contributed by atoms with Crippen molar-refractivity contribution >= 4 is 5.82 Å². The summed E-state index contributed by atoms with van der Waals surface area (Å²) in [6.07, 6.45) is 2.64. The number of nitriles is 1. The van der Waals surface area contributed by atoms with Crippen LogP contribution in [0.25, 0.3) is 11.3 Å². The van der Waals surface area contributed by atoms with E-state index in [9.17, 15) is 5.26 Å². The number of aryl methyl sites for hydroxylation is 2. The first-order valence-electron chi connectivity index (χ1n) is 6.90. The van der Waals surface area contributed by atoms with E-state index in [0.717, 1.165) is 41.8 Å². The van der Waals surface area contributed by atoms with Gasteiger partial charge in [0.1, 0.15) is 29.0 Å². The zero-order chi connectivity index (χ0) is 14.7. The van der Waals surface area contributed by atoms with Crippen molar-refractivity contribution in [2.75, 3.05) is 5.73 Å². The van der Waals surface area contributed by atoms with Crippen molar-refractivity contribution in [1.82, 2.24) is 4.98 Å². The van der Waals surface area contributed by atoms with Crippen LogP contribution in [0.4, 0.5) is 5.82 Å². The SMILES string of the molecule is CCCc1nc(N)c(C#N)c(-c2ccc(C)o2)c1CC. The Morgan fingerprint density at radius 2 is 2.10 bits per heavy atom. The molecule has 0 aromatic carbocycles. The molecule has 0 aliphatic heterocycles. The Hall–Kier alpha value is -2.28. The topological polar surface area (TPSA) is 75.8 Å². The van der Waals surface area contributed by atoms with E-state index in [2.05, 4.69) is 24.9 Å². The first kappa shape index (κ1) is 14.1. The predicted octanol–water partition coefficient (Wildman–Crippen LogP) is 3.62. The summed E-state index contributed by atoms with van der Waals surface area (Å²) >= 11 is 0. The van der Waals surface area contributed by atoms with Crippen LogP contribution in [0.2, 0.25) is 0 Å². The van der Waals surface area contributed by atoms with E-state index >= 15 is 0 Å². The summed E-state index contributed by atoms with van der Waals surface area (Å²) in [7, 11) is 0. The minimum absolute atomic E-state index is 0.289. The molecule has 0 aliphatic rings. The van der Waals surface area contributed by atoms with Gasteiger partial charge in [0.2, 0.25) is 0 Å². The molecule has 2 heterocycles. The highest BCUT2D eigenvalue weighted by Crippen LogP contribution is 2.34. The molecule has 2 aromatic rings. The van der Waals surface area contributed by atoms with Crippen molar-refractivity contribution in [2.24, 2.45) is 0 Å². The third-order valence-electron chi connectivity index (χ3n) is 3.35. The quantitative estimate of drug-likeness (QED) is 0.919. The molecule has 0 saturated carbocycles. The summed E-state index contributed by atoms with van der Waals surface area (Å²) in [6, 6.07) is 5.95. The van der Waals surface area contributed by atoms with E-state index in [1.165, 1.54) is 0 Å². The van der Waals surface area contributed by atoms with Gasteiger partial charge in [-0.15, -0.1) is 0 Å². The van der Waals surface area contributed by atoms with Crippen LogP contribution < -0.4 is 5.73 Å². The van der Waals surface area contributed by atoms with Crippen molar-refractivity contribution < 1.29 is 4.42 Å². The second-order valence-electron chi connectivity index (χ2n) is 4.80. The normalized spacial score (nSPS) is 10.5. The predicted molar refractivity (Wildman–Crippen MR) is 79.2 cm³/mol. The summed E-state index contributed by atoms with van der Waals surface area (Å²) < 4.78 is 5.71. The highest BCUT2D eigenvalue weighted by atomic mass is 16.3. The lowest BCUT2D eigenvalue weighted by molar-refractivity contribution is 0.547. The Bertz CT molecular complexity index is 665. The molecule has 2 aromatic heterocycles. The number of nitrogen functional groups attached to an aromatic ring is 1. The van der Waals surface area contributed by atoms with Gasteiger partial charge in [-0.2, -0.15) is 5.26 Å². The first-order chi connectivity index (χ1) is 9.62. The van der Waals surface area contributed by atoms with Gasteiger partial charge in [-0.3, -0.25) is 0 Å². The van der Waals surface area contributed by atoms with Crippen LogP contribution in [-0.4, -0.2) is 4.98 Å². The maximum atomic E-state index is 9.40. The van der Waals surface area contributed by atoms with Crippen LogP contribution in [0.3, 0.4) is 0 Å². The van der Waals surface area contributed by atoms with Gasteiger partial charge in [0.15, 0.2) is 0 Å². The molecule has 4 heteroatoms. The third kappa shape index (κ3) is 2.39. The van der Waals surface area contributed by atoms with Gasteiger partial charge >= 0.3 is 0 Å². The maximum absolute atomic E-state index is 9.40. The van der Waals surface area contributed by atoms with Crippen molar-refractivity contribution in [2.45, 2.75) is 40.0 Å². The lowest BCUT2D eigenvalue weighted by atomic mass is 9.95. The molecule has 0 amide bonds. The number of rotatable bonds is 4. The van der Waals surface area contributed by atoms with Crippen molar-refractivity contribution in [1.29, 1.82) is 5.26 Å². The van der Waals surface area contributed by atoms with E-state index in [-0.39, 0.29) is 5.82 Å². The fourth-order valence-electron chi connectivity index (χ4n) is 2.47. The lowest BCUT2D eigenvalue weighted by Gasteiger charge is -2.14. The Morgan fingerprint density at radius 3 is 2.60 bits per heavy atom. The molecule has 2 rings (SSSR count). The highest BCUT2D eigenvalue weighted by Gasteiger charge is 2.20. The Kier molecular flexibility index (Phi) is 4.09. The molecule has 2 N–H and O–H groups in total. The minimum atomic E-state index is 0.289. The zero-order valence-corrected chi connectivity index (χ0v) is 12.2. The highest BCUT2D eigenvalue weighted by molar-refractivity contribution is 5.76. The van der Waals surface area contributed by atoms with E-state index in [0.29, 0.717) is 11.3 Å². The molecule has 0 unspecified atom stereocenters. The second-order valence-corrected chi connectivity index (χ2v) is 4.80. The van der Waals surface area contributed by atoms with Crippen LogP contribution in [0, 0.1) is 18.3 Å². The molecule has 0 atom stereocenters. The van der Waals surface area contributed by atoms with Crippen LogP contribution >= 0.6 is 0 Å². The third-order valence-corrected chi connectivity index (χ3v) is 3.35. The van der Waals surface area contributed by atoms with Gasteiger partial charge in [0.05, 0.1) is 0 Å². The number of hydrogen-bond donors (Lipinski definition) is 1.